The highest BCUT2D eigenvalue weighted by Gasteiger charge is 2.13. The molecule has 2 aromatic carbocycles. The van der Waals surface area contributed by atoms with Crippen LogP contribution in [0.1, 0.15) is 12.7 Å². The van der Waals surface area contributed by atoms with E-state index >= 15 is 0 Å². The quantitative estimate of drug-likeness (QED) is 0.372. The third kappa shape index (κ3) is 5.11. The molecular weight excluding hydrogens is 478 g/mol. The Balaban J connectivity index is 0.000000174. The number of halogens is 1. The number of para-hydroxylation sites is 1. The van der Waals surface area contributed by atoms with Gasteiger partial charge < -0.3 is 16.2 Å². The van der Waals surface area contributed by atoms with Crippen molar-refractivity contribution in [1.29, 1.82) is 0 Å². The van der Waals surface area contributed by atoms with Gasteiger partial charge in [-0.25, -0.2) is 15.0 Å². The smallest absolute Gasteiger partial charge is 0.267 e. The largest absolute Gasteiger partial charge is 0.481 e. The van der Waals surface area contributed by atoms with Crippen LogP contribution in [0.2, 0.25) is 5.02 Å². The number of anilines is 2. The second-order valence-corrected chi connectivity index (χ2v) is 8.02. The molecular formula is C26H24ClN7O2. The second-order valence-electron chi connectivity index (χ2n) is 7.61. The Morgan fingerprint density at radius 3 is 2.36 bits per heavy atom. The van der Waals surface area contributed by atoms with Crippen LogP contribution in [0.25, 0.3) is 27.7 Å². The van der Waals surface area contributed by atoms with Gasteiger partial charge in [-0.2, -0.15) is 4.98 Å². The Kier molecular flexibility index (Phi) is 7.41. The van der Waals surface area contributed by atoms with E-state index in [4.69, 9.17) is 27.8 Å². The number of fused-ring (bicyclic) bond motifs is 1. The van der Waals surface area contributed by atoms with Crippen molar-refractivity contribution in [2.45, 2.75) is 13.3 Å². The molecule has 0 amide bonds. The molecule has 0 atom stereocenters. The lowest BCUT2D eigenvalue weighted by molar-refractivity contribution is 0.398. The van der Waals surface area contributed by atoms with Crippen LogP contribution in [0.5, 0.6) is 5.88 Å². The molecule has 0 bridgehead atoms. The predicted molar refractivity (Wildman–Crippen MR) is 142 cm³/mol. The average molecular weight is 502 g/mol. The summed E-state index contributed by atoms with van der Waals surface area (Å²) in [5, 5.41) is 0.905. The van der Waals surface area contributed by atoms with Crippen LogP contribution in [-0.4, -0.2) is 31.6 Å². The lowest BCUT2D eigenvalue weighted by Crippen LogP contribution is -2.23. The first-order valence-corrected chi connectivity index (χ1v) is 11.4. The lowest BCUT2D eigenvalue weighted by Gasteiger charge is -2.12. The fraction of sp³-hybridized carbons (Fsp3) is 0.115. The van der Waals surface area contributed by atoms with E-state index in [9.17, 15) is 4.79 Å². The van der Waals surface area contributed by atoms with E-state index in [-0.39, 0.29) is 11.5 Å². The second kappa shape index (κ2) is 10.8. The minimum atomic E-state index is -0.122. The Labute approximate surface area is 212 Å². The van der Waals surface area contributed by atoms with Crippen LogP contribution in [0.4, 0.5) is 11.8 Å². The van der Waals surface area contributed by atoms with Crippen molar-refractivity contribution in [3.63, 3.8) is 0 Å². The van der Waals surface area contributed by atoms with Gasteiger partial charge in [-0.05, 0) is 30.3 Å². The SMILES string of the molecule is CCc1nc2cccc(Cl)c2c(=O)n1-c1ccccc1.COc1ccc(-c2cnc(N)nc2N)cn1. The van der Waals surface area contributed by atoms with Gasteiger partial charge in [0.05, 0.1) is 28.7 Å². The van der Waals surface area contributed by atoms with Gasteiger partial charge in [0.25, 0.3) is 5.56 Å². The van der Waals surface area contributed by atoms with E-state index < -0.39 is 0 Å². The summed E-state index contributed by atoms with van der Waals surface area (Å²) in [6.45, 7) is 1.98. The molecule has 5 aromatic rings. The minimum absolute atomic E-state index is 0.122. The van der Waals surface area contributed by atoms with E-state index in [0.717, 1.165) is 17.1 Å². The maximum atomic E-state index is 12.8. The molecule has 0 spiro atoms. The number of aryl methyl sites for hydroxylation is 1. The summed E-state index contributed by atoms with van der Waals surface area (Å²) >= 11 is 6.16. The van der Waals surface area contributed by atoms with E-state index in [1.807, 2.05) is 55.5 Å². The van der Waals surface area contributed by atoms with Crippen molar-refractivity contribution in [2.75, 3.05) is 18.6 Å². The average Bonchev–Trinajstić information content (AvgIpc) is 2.89. The number of nitrogens with zero attached hydrogens (tertiary/aromatic N) is 5. The summed E-state index contributed by atoms with van der Waals surface area (Å²) in [5.74, 6) is 1.76. The first-order chi connectivity index (χ1) is 17.4. The summed E-state index contributed by atoms with van der Waals surface area (Å²) in [7, 11) is 1.56. The molecule has 0 aliphatic heterocycles. The number of ether oxygens (including phenoxy) is 1. The summed E-state index contributed by atoms with van der Waals surface area (Å²) in [5.41, 5.74) is 14.0. The Morgan fingerprint density at radius 1 is 0.944 bits per heavy atom. The van der Waals surface area contributed by atoms with Crippen molar-refractivity contribution in [2.24, 2.45) is 0 Å². The summed E-state index contributed by atoms with van der Waals surface area (Å²) in [6, 6.07) is 18.4. The zero-order valence-corrected chi connectivity index (χ0v) is 20.5. The number of aromatic nitrogens is 5. The molecule has 182 valence electrons. The molecule has 0 saturated carbocycles. The van der Waals surface area contributed by atoms with Crippen LogP contribution >= 0.6 is 11.6 Å². The minimum Gasteiger partial charge on any atom is -0.481 e. The number of rotatable bonds is 4. The van der Waals surface area contributed by atoms with Crippen molar-refractivity contribution < 1.29 is 4.74 Å². The third-order valence-corrected chi connectivity index (χ3v) is 5.66. The van der Waals surface area contributed by atoms with Crippen LogP contribution in [0.3, 0.4) is 0 Å². The van der Waals surface area contributed by atoms with Crippen molar-refractivity contribution in [1.82, 2.24) is 24.5 Å². The summed E-state index contributed by atoms with van der Waals surface area (Å²) < 4.78 is 6.59. The molecule has 9 nitrogen and oxygen atoms in total. The summed E-state index contributed by atoms with van der Waals surface area (Å²) in [4.78, 5) is 29.2. The van der Waals surface area contributed by atoms with Gasteiger partial charge in [0.2, 0.25) is 11.8 Å². The van der Waals surface area contributed by atoms with Crippen LogP contribution in [-0.2, 0) is 6.42 Å². The standard InChI is InChI=1S/C16H13ClN2O.C10H11N5O/c1-2-14-18-13-10-6-9-12(17)15(13)16(20)19(14)11-7-4-3-5-8-11;1-16-8-3-2-6(4-13-8)7-5-14-10(12)15-9(7)11/h3-10H,2H2,1H3;2-5H,1H3,(H4,11,12,14,15). The molecule has 5 rings (SSSR count). The van der Waals surface area contributed by atoms with Crippen molar-refractivity contribution in [3.05, 3.63) is 94.3 Å². The number of hydrogen-bond donors (Lipinski definition) is 2. The van der Waals surface area contributed by atoms with Crippen molar-refractivity contribution in [3.8, 4) is 22.7 Å². The highest BCUT2D eigenvalue weighted by Crippen LogP contribution is 2.24. The highest BCUT2D eigenvalue weighted by molar-refractivity contribution is 6.35. The number of nitrogen functional groups attached to an aromatic ring is 2. The van der Waals surface area contributed by atoms with E-state index in [1.54, 1.807) is 36.2 Å². The molecule has 0 radical (unpaired) electrons. The molecule has 4 N–H and O–H groups in total. The van der Waals surface area contributed by atoms with Gasteiger partial charge >= 0.3 is 0 Å². The van der Waals surface area contributed by atoms with Gasteiger partial charge in [0.1, 0.15) is 11.6 Å². The number of nitrogens with two attached hydrogens (primary N) is 2. The van der Waals surface area contributed by atoms with E-state index in [2.05, 4.69) is 19.9 Å². The van der Waals surface area contributed by atoms with Gasteiger partial charge in [-0.15, -0.1) is 0 Å². The lowest BCUT2D eigenvalue weighted by atomic mass is 10.1. The Morgan fingerprint density at radius 2 is 1.72 bits per heavy atom. The monoisotopic (exact) mass is 501 g/mol. The number of methoxy groups -OCH3 is 1. The molecule has 3 aromatic heterocycles. The molecule has 10 heteroatoms. The highest BCUT2D eigenvalue weighted by atomic mass is 35.5. The third-order valence-electron chi connectivity index (χ3n) is 5.34. The Hall–Kier alpha value is -4.50. The molecule has 0 aliphatic carbocycles. The number of hydrogen-bond acceptors (Lipinski definition) is 8. The van der Waals surface area contributed by atoms with Crippen LogP contribution < -0.4 is 21.8 Å². The summed E-state index contributed by atoms with van der Waals surface area (Å²) in [6.07, 6.45) is 3.89. The van der Waals surface area contributed by atoms with Crippen LogP contribution in [0.15, 0.2) is 77.9 Å². The maximum Gasteiger partial charge on any atom is 0.267 e. The molecule has 36 heavy (non-hydrogen) atoms. The Bertz CT molecular complexity index is 1560. The normalized spacial score (nSPS) is 10.5. The molecule has 0 fully saturated rings. The first kappa shape index (κ1) is 24.6. The number of benzene rings is 2. The predicted octanol–water partition coefficient (Wildman–Crippen LogP) is 4.31. The van der Waals surface area contributed by atoms with E-state index in [0.29, 0.717) is 39.6 Å². The van der Waals surface area contributed by atoms with Gasteiger partial charge in [0.15, 0.2) is 0 Å². The zero-order valence-electron chi connectivity index (χ0n) is 19.7. The van der Waals surface area contributed by atoms with Crippen LogP contribution in [0, 0.1) is 0 Å². The molecule has 3 heterocycles. The maximum absolute atomic E-state index is 12.8. The van der Waals surface area contributed by atoms with Gasteiger partial charge in [0, 0.05) is 36.0 Å². The van der Waals surface area contributed by atoms with Gasteiger partial charge in [-0.3, -0.25) is 9.36 Å². The zero-order chi connectivity index (χ0) is 25.7. The molecule has 0 unspecified atom stereocenters. The van der Waals surface area contributed by atoms with Gasteiger partial charge in [-0.1, -0.05) is 42.8 Å². The van der Waals surface area contributed by atoms with E-state index in [1.165, 1.54) is 0 Å². The topological polar surface area (TPSA) is 135 Å². The fourth-order valence-corrected chi connectivity index (χ4v) is 3.86. The molecule has 0 saturated heterocycles. The first-order valence-electron chi connectivity index (χ1n) is 11.1. The molecule has 0 aliphatic rings. The fourth-order valence-electron chi connectivity index (χ4n) is 3.61. The number of pyridine rings is 1. The van der Waals surface area contributed by atoms with Crippen molar-refractivity contribution >= 4 is 34.3 Å².